The van der Waals surface area contributed by atoms with Crippen LogP contribution in [0.1, 0.15) is 17.5 Å². The molecule has 1 rings (SSSR count). The van der Waals surface area contributed by atoms with Gasteiger partial charge in [-0.25, -0.2) is 12.8 Å². The molecule has 0 heterocycles. The quantitative estimate of drug-likeness (QED) is 0.382. The summed E-state index contributed by atoms with van der Waals surface area (Å²) in [5.41, 5.74) is 0.333. The fourth-order valence-electron chi connectivity index (χ4n) is 2.22. The number of allylic oxidation sites excluding steroid dienone is 4. The van der Waals surface area contributed by atoms with Gasteiger partial charge in [-0.15, -0.1) is 0 Å². The van der Waals surface area contributed by atoms with E-state index < -0.39 is 34.3 Å². The molecule has 154 valence electrons. The van der Waals surface area contributed by atoms with E-state index in [1.54, 1.807) is 0 Å². The van der Waals surface area contributed by atoms with Crippen molar-refractivity contribution in [1.29, 1.82) is 0 Å². The first-order chi connectivity index (χ1) is 12.8. The van der Waals surface area contributed by atoms with Crippen molar-refractivity contribution in [3.63, 3.8) is 0 Å². The zero-order chi connectivity index (χ0) is 21.5. The van der Waals surface area contributed by atoms with Crippen molar-refractivity contribution < 1.29 is 30.8 Å². The number of halogens is 4. The third-order valence-corrected chi connectivity index (χ3v) is 3.86. The van der Waals surface area contributed by atoms with Crippen molar-refractivity contribution in [2.24, 2.45) is 0 Å². The molecule has 0 saturated heterocycles. The largest absolute Gasteiger partial charge is 0.393 e. The number of benzene rings is 1. The highest BCUT2D eigenvalue weighted by Gasteiger charge is 2.27. The number of sulfonamides is 1. The Morgan fingerprint density at radius 3 is 2.39 bits per heavy atom. The highest BCUT2D eigenvalue weighted by atomic mass is 32.2. The van der Waals surface area contributed by atoms with Crippen LogP contribution in [0.2, 0.25) is 0 Å². The van der Waals surface area contributed by atoms with E-state index in [9.17, 15) is 30.8 Å². The van der Waals surface area contributed by atoms with Gasteiger partial charge in [0.25, 0.3) is 0 Å². The van der Waals surface area contributed by atoms with Gasteiger partial charge >= 0.3 is 6.18 Å². The van der Waals surface area contributed by atoms with E-state index in [-0.39, 0.29) is 17.8 Å². The van der Waals surface area contributed by atoms with E-state index in [2.05, 4.69) is 16.6 Å². The molecule has 0 aromatic heterocycles. The van der Waals surface area contributed by atoms with Gasteiger partial charge in [-0.05, 0) is 29.7 Å². The first-order valence-corrected chi connectivity index (χ1v) is 9.81. The summed E-state index contributed by atoms with van der Waals surface area (Å²) in [7, 11) is -3.66. The average Bonchev–Trinajstić information content (AvgIpc) is 2.52. The first-order valence-electron chi connectivity index (χ1n) is 7.92. The Hall–Kier alpha value is -2.62. The molecule has 10 heteroatoms. The Balaban J connectivity index is 2.80. The standard InChI is InChI=1S/C18H20F4N2O3S/c1-4-5-13(10-18(20,21)22)6-7-16(25)23-11-14-8-12(2)17(15(19)9-14)24-28(3,26)27/h4-9,24H,1,10-11H2,2-3H3,(H,23,25)/b7-6+,13-5-. The lowest BCUT2D eigenvalue weighted by Crippen LogP contribution is -2.21. The summed E-state index contributed by atoms with van der Waals surface area (Å²) in [5.74, 6) is -1.49. The van der Waals surface area contributed by atoms with Crippen molar-refractivity contribution in [1.82, 2.24) is 5.32 Å². The number of amides is 1. The van der Waals surface area contributed by atoms with Gasteiger partial charge < -0.3 is 5.32 Å². The number of carbonyl (C=O) groups excluding carboxylic acids is 1. The summed E-state index contributed by atoms with van der Waals surface area (Å²) in [5, 5.41) is 2.42. The van der Waals surface area contributed by atoms with E-state index in [1.807, 2.05) is 0 Å². The molecule has 0 unspecified atom stereocenters. The van der Waals surface area contributed by atoms with Gasteiger partial charge in [-0.3, -0.25) is 9.52 Å². The van der Waals surface area contributed by atoms with Crippen molar-refractivity contribution in [2.45, 2.75) is 26.1 Å². The number of anilines is 1. The Morgan fingerprint density at radius 1 is 1.25 bits per heavy atom. The molecule has 0 bridgehead atoms. The minimum absolute atomic E-state index is 0.0974. The summed E-state index contributed by atoms with van der Waals surface area (Å²) < 4.78 is 76.0. The third-order valence-electron chi connectivity index (χ3n) is 3.29. The number of aryl methyl sites for hydroxylation is 1. The molecule has 0 aliphatic heterocycles. The zero-order valence-electron chi connectivity index (χ0n) is 15.2. The van der Waals surface area contributed by atoms with E-state index in [4.69, 9.17) is 0 Å². The molecular formula is C18H20F4N2O3S. The minimum Gasteiger partial charge on any atom is -0.348 e. The van der Waals surface area contributed by atoms with Crippen molar-refractivity contribution in [3.05, 3.63) is 65.5 Å². The molecule has 0 saturated carbocycles. The van der Waals surface area contributed by atoms with Crippen molar-refractivity contribution in [3.8, 4) is 0 Å². The number of hydrogen-bond acceptors (Lipinski definition) is 3. The Morgan fingerprint density at radius 2 is 1.89 bits per heavy atom. The van der Waals surface area contributed by atoms with E-state index in [1.165, 1.54) is 19.1 Å². The van der Waals surface area contributed by atoms with Crippen LogP contribution in [0.5, 0.6) is 0 Å². The number of nitrogens with one attached hydrogen (secondary N) is 2. The van der Waals surface area contributed by atoms with Gasteiger partial charge in [-0.1, -0.05) is 30.9 Å². The topological polar surface area (TPSA) is 75.3 Å². The normalized spacial score (nSPS) is 12.9. The maximum Gasteiger partial charge on any atom is 0.393 e. The monoisotopic (exact) mass is 420 g/mol. The average molecular weight is 420 g/mol. The smallest absolute Gasteiger partial charge is 0.348 e. The summed E-state index contributed by atoms with van der Waals surface area (Å²) in [6, 6.07) is 2.53. The van der Waals surface area contributed by atoms with E-state index >= 15 is 0 Å². The lowest BCUT2D eigenvalue weighted by atomic mass is 10.1. The summed E-state index contributed by atoms with van der Waals surface area (Å²) in [6.45, 7) is 4.72. The maximum absolute atomic E-state index is 14.1. The Labute approximate surface area is 160 Å². The zero-order valence-corrected chi connectivity index (χ0v) is 16.0. The molecule has 1 amide bonds. The fourth-order valence-corrected chi connectivity index (χ4v) is 2.85. The Kier molecular flexibility index (Phi) is 7.98. The lowest BCUT2D eigenvalue weighted by molar-refractivity contribution is -0.126. The van der Waals surface area contributed by atoms with Crippen LogP contribution in [0, 0.1) is 12.7 Å². The molecule has 1 aromatic carbocycles. The van der Waals surface area contributed by atoms with Crippen LogP contribution in [0.25, 0.3) is 0 Å². The highest BCUT2D eigenvalue weighted by Crippen LogP contribution is 2.25. The summed E-state index contributed by atoms with van der Waals surface area (Å²) >= 11 is 0. The first kappa shape index (κ1) is 23.4. The van der Waals surface area contributed by atoms with Crippen LogP contribution < -0.4 is 10.0 Å². The van der Waals surface area contributed by atoms with Gasteiger partial charge in [0.2, 0.25) is 15.9 Å². The van der Waals surface area contributed by atoms with Gasteiger partial charge in [0.05, 0.1) is 18.4 Å². The molecule has 0 fully saturated rings. The minimum atomic E-state index is -4.42. The molecular weight excluding hydrogens is 400 g/mol. The van der Waals surface area contributed by atoms with E-state index in [0.29, 0.717) is 11.1 Å². The molecule has 0 radical (unpaired) electrons. The van der Waals surface area contributed by atoms with E-state index in [0.717, 1.165) is 30.6 Å². The summed E-state index contributed by atoms with van der Waals surface area (Å²) in [6.07, 6.45) is -0.460. The number of alkyl halides is 3. The van der Waals surface area contributed by atoms with Gasteiger partial charge in [-0.2, -0.15) is 13.2 Å². The van der Waals surface area contributed by atoms with Crippen LogP contribution in [0.15, 0.2) is 48.6 Å². The molecule has 0 aliphatic rings. The predicted octanol–water partition coefficient (Wildman–Crippen LogP) is 3.74. The van der Waals surface area contributed by atoms with Crippen LogP contribution in [-0.4, -0.2) is 26.8 Å². The van der Waals surface area contributed by atoms with Gasteiger partial charge in [0, 0.05) is 12.6 Å². The number of rotatable bonds is 8. The Bertz CT molecular complexity index is 881. The molecule has 28 heavy (non-hydrogen) atoms. The molecule has 0 aliphatic carbocycles. The molecule has 2 N–H and O–H groups in total. The lowest BCUT2D eigenvalue weighted by Gasteiger charge is -2.11. The summed E-state index contributed by atoms with van der Waals surface area (Å²) in [4.78, 5) is 11.8. The molecule has 0 atom stereocenters. The highest BCUT2D eigenvalue weighted by molar-refractivity contribution is 7.92. The molecule has 0 spiro atoms. The third kappa shape index (κ3) is 8.85. The van der Waals surface area contributed by atoms with Crippen molar-refractivity contribution in [2.75, 3.05) is 11.0 Å². The van der Waals surface area contributed by atoms with Crippen LogP contribution >= 0.6 is 0 Å². The second-order valence-electron chi connectivity index (χ2n) is 5.96. The van der Waals surface area contributed by atoms with Gasteiger partial charge in [0.1, 0.15) is 5.82 Å². The van der Waals surface area contributed by atoms with Crippen molar-refractivity contribution >= 4 is 21.6 Å². The molecule has 1 aromatic rings. The number of hydrogen-bond donors (Lipinski definition) is 2. The predicted molar refractivity (Wildman–Crippen MR) is 99.5 cm³/mol. The van der Waals surface area contributed by atoms with Crippen LogP contribution in [0.3, 0.4) is 0 Å². The number of carbonyl (C=O) groups is 1. The maximum atomic E-state index is 14.1. The SMILES string of the molecule is C=C/C=C(/C=C/C(=O)NCc1cc(C)c(NS(C)(=O)=O)c(F)c1)CC(F)(F)F. The van der Waals surface area contributed by atoms with Crippen LogP contribution in [-0.2, 0) is 21.4 Å². The second kappa shape index (κ2) is 9.54. The van der Waals surface area contributed by atoms with Gasteiger partial charge in [0.15, 0.2) is 0 Å². The van der Waals surface area contributed by atoms with Crippen LogP contribution in [0.4, 0.5) is 23.2 Å². The molecule has 5 nitrogen and oxygen atoms in total. The fraction of sp³-hybridized carbons (Fsp3) is 0.278. The second-order valence-corrected chi connectivity index (χ2v) is 7.71.